The number of hydrogen-bond acceptors (Lipinski definition) is 7. The van der Waals surface area contributed by atoms with Crippen molar-refractivity contribution in [1.29, 1.82) is 0 Å². The van der Waals surface area contributed by atoms with Crippen LogP contribution in [0.3, 0.4) is 0 Å². The molecule has 0 aromatic carbocycles. The molecule has 0 spiro atoms. The third-order valence-electron chi connectivity index (χ3n) is 0.348. The first-order chi connectivity index (χ1) is 5.33. The molecule has 0 aliphatic carbocycles. The molecular formula is C3H3NaO8S. The fourth-order valence-corrected chi connectivity index (χ4v) is 0.389. The Hall–Kier alpha value is -0.480. The molecule has 0 radical (unpaired) electrons. The fourth-order valence-electron chi connectivity index (χ4n) is 0.130. The number of carbonyl (C=O) groups excluding carboxylic acids is 3. The molecule has 13 heavy (non-hydrogen) atoms. The van der Waals surface area contributed by atoms with E-state index in [0.29, 0.717) is 0 Å². The van der Waals surface area contributed by atoms with Crippen molar-refractivity contribution in [2.24, 2.45) is 0 Å². The maximum atomic E-state index is 9.74. The molecule has 8 nitrogen and oxygen atoms in total. The van der Waals surface area contributed by atoms with Crippen LogP contribution in [0, 0.1) is 0 Å². The van der Waals surface area contributed by atoms with Crippen molar-refractivity contribution < 1.29 is 66.2 Å². The largest absolute Gasteiger partial charge is 1.00 e. The Kier molecular flexibility index (Phi) is 11.5. The van der Waals surface area contributed by atoms with E-state index in [9.17, 15) is 23.1 Å². The van der Waals surface area contributed by atoms with Gasteiger partial charge in [-0.05, 0) is 0 Å². The number of hydrogen-bond donors (Lipinski definition) is 1. The first-order valence-corrected chi connectivity index (χ1v) is 3.40. The molecular weight excluding hydrogens is 219 g/mol. The summed E-state index contributed by atoms with van der Waals surface area (Å²) in [6, 6.07) is 0. The predicted molar refractivity (Wildman–Crippen MR) is 29.8 cm³/mol. The zero-order chi connectivity index (χ0) is 10.4. The maximum absolute atomic E-state index is 9.74. The Balaban J connectivity index is -0.000000309. The molecule has 0 aliphatic rings. The van der Waals surface area contributed by atoms with E-state index in [2.05, 4.69) is 4.18 Å². The van der Waals surface area contributed by atoms with Crippen LogP contribution in [0.25, 0.3) is 0 Å². The zero-order valence-corrected chi connectivity index (χ0v) is 9.24. The quantitative estimate of drug-likeness (QED) is 0.263. The predicted octanol–water partition coefficient (Wildman–Crippen LogP) is -6.10. The molecule has 1 N–H and O–H groups in total. The van der Waals surface area contributed by atoms with Gasteiger partial charge in [0.25, 0.3) is 0 Å². The minimum Gasteiger partial charge on any atom is -0.539 e. The molecule has 0 saturated heterocycles. The molecule has 0 aliphatic heterocycles. The molecule has 0 rings (SSSR count). The van der Waals surface area contributed by atoms with Crippen molar-refractivity contribution in [2.45, 2.75) is 0 Å². The summed E-state index contributed by atoms with van der Waals surface area (Å²) in [5, 5.41) is 9.42. The summed E-state index contributed by atoms with van der Waals surface area (Å²) in [4.78, 5) is 27.2. The van der Waals surface area contributed by atoms with Gasteiger partial charge in [0.2, 0.25) is 0 Å². The van der Waals surface area contributed by atoms with Crippen LogP contribution in [-0.4, -0.2) is 31.7 Å². The van der Waals surface area contributed by atoms with Crippen molar-refractivity contribution in [2.75, 3.05) is 0 Å². The molecule has 0 aromatic heterocycles. The summed E-state index contributed by atoms with van der Waals surface area (Å²) in [7, 11) is -5.04. The van der Waals surface area contributed by atoms with E-state index in [1.807, 2.05) is 6.79 Å². The van der Waals surface area contributed by atoms with Crippen molar-refractivity contribution in [1.82, 2.24) is 0 Å². The Bertz CT molecular complexity index is 267. The smallest absolute Gasteiger partial charge is 0.539 e. The first kappa shape index (κ1) is 18.3. The van der Waals surface area contributed by atoms with Crippen LogP contribution in [0.5, 0.6) is 0 Å². The number of carbonyl (C=O) groups is 3. The summed E-state index contributed by atoms with van der Waals surface area (Å²) in [5.41, 5.74) is 0. The van der Waals surface area contributed by atoms with Gasteiger partial charge in [0, 0.05) is 0 Å². The summed E-state index contributed by atoms with van der Waals surface area (Å²) < 4.78 is 29.7. The molecule has 0 aromatic rings. The average Bonchev–Trinajstić information content (AvgIpc) is 1.88. The van der Waals surface area contributed by atoms with Gasteiger partial charge in [0.15, 0.2) is 5.97 Å². The fraction of sp³-hybridized carbons (Fsp3) is 0. The third kappa shape index (κ3) is 14.4. The van der Waals surface area contributed by atoms with E-state index in [0.717, 1.165) is 0 Å². The normalized spacial score (nSPS) is 8.38. The van der Waals surface area contributed by atoms with Crippen molar-refractivity contribution in [3.8, 4) is 0 Å². The monoisotopic (exact) mass is 222 g/mol. The Morgan fingerprint density at radius 2 is 1.62 bits per heavy atom. The van der Waals surface area contributed by atoms with Crippen LogP contribution in [0.1, 0.15) is 0 Å². The molecule has 0 bridgehead atoms. The van der Waals surface area contributed by atoms with Gasteiger partial charge in [0.05, 0.1) is 0 Å². The SMILES string of the molecule is C=O.O=C([O-])C(=O)OS(=O)(=O)O.[Na+]. The van der Waals surface area contributed by atoms with Crippen molar-refractivity contribution >= 4 is 29.1 Å². The Morgan fingerprint density at radius 1 is 1.31 bits per heavy atom. The van der Waals surface area contributed by atoms with Gasteiger partial charge < -0.3 is 18.9 Å². The van der Waals surface area contributed by atoms with Gasteiger partial charge in [-0.1, -0.05) is 0 Å². The van der Waals surface area contributed by atoms with Gasteiger partial charge in [-0.15, -0.1) is 0 Å². The number of aliphatic carboxylic acids is 1. The van der Waals surface area contributed by atoms with E-state index >= 15 is 0 Å². The molecule has 0 amide bonds. The van der Waals surface area contributed by atoms with E-state index in [1.54, 1.807) is 0 Å². The van der Waals surface area contributed by atoms with Crippen LogP contribution < -0.4 is 34.7 Å². The van der Waals surface area contributed by atoms with E-state index < -0.39 is 22.3 Å². The minimum absolute atomic E-state index is 0. The van der Waals surface area contributed by atoms with E-state index in [-0.39, 0.29) is 29.6 Å². The topological polar surface area (TPSA) is 138 Å². The average molecular weight is 222 g/mol. The summed E-state index contributed by atoms with van der Waals surface area (Å²) >= 11 is 0. The second-order valence-electron chi connectivity index (χ2n) is 1.09. The minimum atomic E-state index is -5.04. The van der Waals surface area contributed by atoms with Gasteiger partial charge in [-0.2, -0.15) is 8.42 Å². The number of carboxylic acid groups (broad SMARTS) is 1. The van der Waals surface area contributed by atoms with Crippen LogP contribution in [0.2, 0.25) is 0 Å². The second kappa shape index (κ2) is 8.13. The van der Waals surface area contributed by atoms with Crippen LogP contribution in [0.15, 0.2) is 0 Å². The van der Waals surface area contributed by atoms with Gasteiger partial charge >= 0.3 is 45.9 Å². The third-order valence-corrected chi connectivity index (χ3v) is 0.710. The molecule has 0 saturated carbocycles. The summed E-state index contributed by atoms with van der Waals surface area (Å²) in [5.74, 6) is -4.51. The van der Waals surface area contributed by atoms with Gasteiger partial charge in [0.1, 0.15) is 6.79 Å². The Morgan fingerprint density at radius 3 is 1.69 bits per heavy atom. The maximum Gasteiger partial charge on any atom is 1.00 e. The van der Waals surface area contributed by atoms with Crippen LogP contribution in [-0.2, 0) is 29.0 Å². The van der Waals surface area contributed by atoms with Crippen molar-refractivity contribution in [3.63, 3.8) is 0 Å². The summed E-state index contributed by atoms with van der Waals surface area (Å²) in [6.07, 6.45) is 0. The first-order valence-electron chi connectivity index (χ1n) is 2.04. The Labute approximate surface area is 95.1 Å². The van der Waals surface area contributed by atoms with Crippen LogP contribution >= 0.6 is 0 Å². The number of carboxylic acids is 1. The van der Waals surface area contributed by atoms with Crippen molar-refractivity contribution in [3.05, 3.63) is 0 Å². The molecule has 0 fully saturated rings. The molecule has 10 heteroatoms. The van der Waals surface area contributed by atoms with E-state index in [4.69, 9.17) is 9.35 Å². The standard InChI is InChI=1S/C2H2O7S.CH2O.Na/c3-1(4)2(5)9-10(6,7)8;1-2;/h(H,3,4)(H,6,7,8);1H2;/q;;+1/p-1. The van der Waals surface area contributed by atoms with Crippen LogP contribution in [0.4, 0.5) is 0 Å². The molecule has 0 atom stereocenters. The second-order valence-corrected chi connectivity index (χ2v) is 2.11. The number of rotatable bonds is 1. The summed E-state index contributed by atoms with van der Waals surface area (Å²) in [6.45, 7) is 2.00. The molecule has 70 valence electrons. The van der Waals surface area contributed by atoms with E-state index in [1.165, 1.54) is 0 Å². The zero-order valence-electron chi connectivity index (χ0n) is 6.42. The van der Waals surface area contributed by atoms with Gasteiger partial charge in [-0.3, -0.25) is 4.55 Å². The van der Waals surface area contributed by atoms with Gasteiger partial charge in [-0.25, -0.2) is 4.79 Å². The molecule has 0 unspecified atom stereocenters. The molecule has 0 heterocycles.